The average Bonchev–Trinajstić information content (AvgIpc) is 2.40. The van der Waals surface area contributed by atoms with Crippen LogP contribution in [0.1, 0.15) is 25.3 Å². The van der Waals surface area contributed by atoms with E-state index in [1.54, 1.807) is 0 Å². The maximum absolute atomic E-state index is 9.45. The molecular weight excluding hydrogens is 226 g/mol. The van der Waals surface area contributed by atoms with Crippen molar-refractivity contribution in [3.63, 3.8) is 0 Å². The molecule has 18 heavy (non-hydrogen) atoms. The van der Waals surface area contributed by atoms with Gasteiger partial charge in [0.1, 0.15) is 5.75 Å². The van der Waals surface area contributed by atoms with Crippen LogP contribution in [0.15, 0.2) is 24.3 Å². The Morgan fingerprint density at radius 1 is 1.22 bits per heavy atom. The summed E-state index contributed by atoms with van der Waals surface area (Å²) in [6.07, 6.45) is 2.83. The molecule has 100 valence electrons. The van der Waals surface area contributed by atoms with Gasteiger partial charge in [0.15, 0.2) is 0 Å². The zero-order valence-electron chi connectivity index (χ0n) is 11.1. The summed E-state index contributed by atoms with van der Waals surface area (Å²) in [4.78, 5) is 2.43. The van der Waals surface area contributed by atoms with E-state index in [2.05, 4.69) is 17.0 Å². The predicted molar refractivity (Wildman–Crippen MR) is 73.0 cm³/mol. The van der Waals surface area contributed by atoms with Crippen LogP contribution < -0.4 is 4.74 Å². The number of hydrogen-bond donors (Lipinski definition) is 1. The van der Waals surface area contributed by atoms with Crippen molar-refractivity contribution >= 4 is 0 Å². The largest absolute Gasteiger partial charge is 0.494 e. The van der Waals surface area contributed by atoms with Crippen molar-refractivity contribution in [3.05, 3.63) is 29.8 Å². The Balaban J connectivity index is 1.76. The van der Waals surface area contributed by atoms with E-state index in [0.29, 0.717) is 0 Å². The van der Waals surface area contributed by atoms with Crippen molar-refractivity contribution < 1.29 is 9.84 Å². The second kappa shape index (κ2) is 6.76. The van der Waals surface area contributed by atoms with Crippen molar-refractivity contribution in [2.24, 2.45) is 0 Å². The summed E-state index contributed by atoms with van der Waals surface area (Å²) in [7, 11) is 0. The molecule has 3 heteroatoms. The highest BCUT2D eigenvalue weighted by molar-refractivity contribution is 5.27. The highest BCUT2D eigenvalue weighted by atomic mass is 16.5. The van der Waals surface area contributed by atoms with Crippen LogP contribution in [0.3, 0.4) is 0 Å². The average molecular weight is 249 g/mol. The number of nitrogens with zero attached hydrogens (tertiary/aromatic N) is 1. The lowest BCUT2D eigenvalue weighted by molar-refractivity contribution is 0.0832. The molecule has 0 aromatic heterocycles. The van der Waals surface area contributed by atoms with Gasteiger partial charge in [-0.25, -0.2) is 0 Å². The molecule has 0 saturated carbocycles. The van der Waals surface area contributed by atoms with E-state index in [1.165, 1.54) is 5.56 Å². The molecule has 2 rings (SSSR count). The van der Waals surface area contributed by atoms with Crippen LogP contribution in [0.25, 0.3) is 0 Å². The first kappa shape index (κ1) is 13.4. The molecule has 1 N–H and O–H groups in total. The molecule has 0 amide bonds. The van der Waals surface area contributed by atoms with E-state index in [9.17, 15) is 5.11 Å². The number of rotatable bonds is 5. The van der Waals surface area contributed by atoms with Crippen molar-refractivity contribution in [1.82, 2.24) is 4.90 Å². The Labute approximate surface area is 109 Å². The third-order valence-electron chi connectivity index (χ3n) is 3.51. The lowest BCUT2D eigenvalue weighted by atomic mass is 10.1. The summed E-state index contributed by atoms with van der Waals surface area (Å²) in [5.74, 6) is 0.947. The maximum atomic E-state index is 9.45. The second-order valence-corrected chi connectivity index (χ2v) is 4.90. The van der Waals surface area contributed by atoms with Gasteiger partial charge in [0.2, 0.25) is 0 Å². The van der Waals surface area contributed by atoms with Crippen molar-refractivity contribution in [3.8, 4) is 5.75 Å². The standard InChI is InChI=1S/C15H23NO2/c1-2-18-15-5-3-13(4-6-15)7-10-16-11-8-14(17)9-12-16/h3-6,14,17H,2,7-12H2,1H3. The van der Waals surface area contributed by atoms with Crippen molar-refractivity contribution in [2.45, 2.75) is 32.3 Å². The van der Waals surface area contributed by atoms with Gasteiger partial charge in [-0.1, -0.05) is 12.1 Å². The summed E-state index contributed by atoms with van der Waals surface area (Å²) in [5.41, 5.74) is 1.35. The van der Waals surface area contributed by atoms with Gasteiger partial charge in [-0.3, -0.25) is 0 Å². The number of likely N-dealkylation sites (tertiary alicyclic amines) is 1. The lowest BCUT2D eigenvalue weighted by Crippen LogP contribution is -2.37. The van der Waals surface area contributed by atoms with Gasteiger partial charge in [-0.15, -0.1) is 0 Å². The number of hydrogen-bond acceptors (Lipinski definition) is 3. The van der Waals surface area contributed by atoms with Gasteiger partial charge in [-0.05, 0) is 43.9 Å². The third-order valence-corrected chi connectivity index (χ3v) is 3.51. The first-order valence-electron chi connectivity index (χ1n) is 6.90. The highest BCUT2D eigenvalue weighted by Crippen LogP contribution is 2.14. The van der Waals surface area contributed by atoms with Gasteiger partial charge in [-0.2, -0.15) is 0 Å². The molecular formula is C15H23NO2. The molecule has 0 aliphatic carbocycles. The van der Waals surface area contributed by atoms with Gasteiger partial charge < -0.3 is 14.7 Å². The van der Waals surface area contributed by atoms with E-state index >= 15 is 0 Å². The topological polar surface area (TPSA) is 32.7 Å². The quantitative estimate of drug-likeness (QED) is 0.867. The molecule has 1 heterocycles. The minimum absolute atomic E-state index is 0.0771. The summed E-state index contributed by atoms with van der Waals surface area (Å²) in [6.45, 7) is 5.85. The number of aliphatic hydroxyl groups is 1. The van der Waals surface area contributed by atoms with Crippen LogP contribution in [-0.2, 0) is 6.42 Å². The fraction of sp³-hybridized carbons (Fsp3) is 0.600. The Morgan fingerprint density at radius 3 is 2.50 bits per heavy atom. The summed E-state index contributed by atoms with van der Waals surface area (Å²) < 4.78 is 5.43. The zero-order chi connectivity index (χ0) is 12.8. The first-order chi connectivity index (χ1) is 8.78. The molecule has 0 atom stereocenters. The Bertz CT molecular complexity index is 342. The van der Waals surface area contributed by atoms with Crippen LogP contribution in [0.5, 0.6) is 5.75 Å². The zero-order valence-corrected chi connectivity index (χ0v) is 11.1. The molecule has 1 saturated heterocycles. The molecule has 0 spiro atoms. The minimum Gasteiger partial charge on any atom is -0.494 e. The van der Waals surface area contributed by atoms with E-state index in [0.717, 1.165) is 51.3 Å². The molecule has 0 radical (unpaired) electrons. The number of benzene rings is 1. The van der Waals surface area contributed by atoms with Crippen LogP contribution in [0, 0.1) is 0 Å². The van der Waals surface area contributed by atoms with Crippen LogP contribution in [0.4, 0.5) is 0 Å². The summed E-state index contributed by atoms with van der Waals surface area (Å²) in [6, 6.07) is 8.37. The van der Waals surface area contributed by atoms with Crippen LogP contribution in [0.2, 0.25) is 0 Å². The van der Waals surface area contributed by atoms with E-state index in [-0.39, 0.29) is 6.10 Å². The number of aliphatic hydroxyl groups excluding tert-OH is 1. The molecule has 1 aromatic rings. The van der Waals surface area contributed by atoms with E-state index in [1.807, 2.05) is 19.1 Å². The van der Waals surface area contributed by atoms with Gasteiger partial charge in [0.25, 0.3) is 0 Å². The normalized spacial score (nSPS) is 17.9. The minimum atomic E-state index is -0.0771. The second-order valence-electron chi connectivity index (χ2n) is 4.90. The van der Waals surface area contributed by atoms with Crippen LogP contribution >= 0.6 is 0 Å². The monoisotopic (exact) mass is 249 g/mol. The number of ether oxygens (including phenoxy) is 1. The predicted octanol–water partition coefficient (Wildman–Crippen LogP) is 2.08. The van der Waals surface area contributed by atoms with Crippen molar-refractivity contribution in [1.29, 1.82) is 0 Å². The molecule has 1 fully saturated rings. The Kier molecular flexibility index (Phi) is 5.02. The molecule has 1 aliphatic heterocycles. The smallest absolute Gasteiger partial charge is 0.119 e. The summed E-state index contributed by atoms with van der Waals surface area (Å²) in [5, 5.41) is 9.45. The third kappa shape index (κ3) is 4.00. The van der Waals surface area contributed by atoms with Crippen molar-refractivity contribution in [2.75, 3.05) is 26.2 Å². The van der Waals surface area contributed by atoms with Gasteiger partial charge in [0, 0.05) is 19.6 Å². The molecule has 0 unspecified atom stereocenters. The lowest BCUT2D eigenvalue weighted by Gasteiger charge is -2.29. The Hall–Kier alpha value is -1.06. The molecule has 1 aromatic carbocycles. The fourth-order valence-corrected chi connectivity index (χ4v) is 2.35. The maximum Gasteiger partial charge on any atom is 0.119 e. The van der Waals surface area contributed by atoms with E-state index in [4.69, 9.17) is 4.74 Å². The summed E-state index contributed by atoms with van der Waals surface area (Å²) >= 11 is 0. The van der Waals surface area contributed by atoms with E-state index < -0.39 is 0 Å². The molecule has 1 aliphatic rings. The van der Waals surface area contributed by atoms with Gasteiger partial charge >= 0.3 is 0 Å². The van der Waals surface area contributed by atoms with Crippen LogP contribution in [-0.4, -0.2) is 42.4 Å². The highest BCUT2D eigenvalue weighted by Gasteiger charge is 2.16. The fourth-order valence-electron chi connectivity index (χ4n) is 2.35. The number of piperidine rings is 1. The molecule has 0 bridgehead atoms. The molecule has 3 nitrogen and oxygen atoms in total. The first-order valence-corrected chi connectivity index (χ1v) is 6.90. The van der Waals surface area contributed by atoms with Gasteiger partial charge in [0.05, 0.1) is 12.7 Å². The Morgan fingerprint density at radius 2 is 1.89 bits per heavy atom. The SMILES string of the molecule is CCOc1ccc(CCN2CCC(O)CC2)cc1.